The van der Waals surface area contributed by atoms with Gasteiger partial charge in [0, 0.05) is 12.4 Å². The maximum absolute atomic E-state index is 11.6. The van der Waals surface area contributed by atoms with Crippen LogP contribution in [0.15, 0.2) is 24.5 Å². The molecule has 4 nitrogen and oxygen atoms in total. The number of aromatic nitrogens is 1. The predicted octanol–water partition coefficient (Wildman–Crippen LogP) is 1.11. The molecule has 0 unspecified atom stereocenters. The van der Waals surface area contributed by atoms with Gasteiger partial charge in [-0.25, -0.2) is 0 Å². The Balaban J connectivity index is 2.43. The highest BCUT2D eigenvalue weighted by molar-refractivity contribution is 5.93. The summed E-state index contributed by atoms with van der Waals surface area (Å²) in [5.74, 6) is -0.0741. The highest BCUT2D eigenvalue weighted by Crippen LogP contribution is 1.95. The first kappa shape index (κ1) is 11.7. The van der Waals surface area contributed by atoms with Crippen molar-refractivity contribution in [2.75, 3.05) is 19.8 Å². The molecule has 15 heavy (non-hydrogen) atoms. The van der Waals surface area contributed by atoms with E-state index >= 15 is 0 Å². The molecule has 0 aliphatic carbocycles. The first-order valence-electron chi connectivity index (χ1n) is 5.18. The molecule has 0 radical (unpaired) electrons. The molecule has 1 rings (SSSR count). The lowest BCUT2D eigenvalue weighted by Crippen LogP contribution is -2.37. The number of pyridine rings is 1. The molecule has 1 N–H and O–H groups in total. The lowest BCUT2D eigenvalue weighted by molar-refractivity contribution is 0.0925. The zero-order valence-corrected chi connectivity index (χ0v) is 9.23. The summed E-state index contributed by atoms with van der Waals surface area (Å²) in [5.41, 5.74) is 0.602. The summed E-state index contributed by atoms with van der Waals surface area (Å²) in [6.45, 7) is 6.59. The molecule has 82 valence electrons. The van der Waals surface area contributed by atoms with E-state index in [1.54, 1.807) is 24.5 Å². The third-order valence-corrected chi connectivity index (χ3v) is 2.28. The van der Waals surface area contributed by atoms with Gasteiger partial charge in [0.05, 0.1) is 12.2 Å². The zero-order valence-electron chi connectivity index (χ0n) is 9.23. The SMILES string of the molecule is CCN(CC)CNC(=O)c1cccnc1. The number of rotatable bonds is 5. The summed E-state index contributed by atoms with van der Waals surface area (Å²) < 4.78 is 0. The lowest BCUT2D eigenvalue weighted by atomic mass is 10.3. The van der Waals surface area contributed by atoms with Crippen molar-refractivity contribution in [3.05, 3.63) is 30.1 Å². The minimum atomic E-state index is -0.0741. The summed E-state index contributed by atoms with van der Waals surface area (Å²) in [4.78, 5) is 17.6. The molecule has 0 aliphatic rings. The Morgan fingerprint density at radius 2 is 2.20 bits per heavy atom. The minimum Gasteiger partial charge on any atom is -0.339 e. The highest BCUT2D eigenvalue weighted by atomic mass is 16.1. The number of amides is 1. The maximum atomic E-state index is 11.6. The molecule has 4 heteroatoms. The second kappa shape index (κ2) is 6.14. The quantitative estimate of drug-likeness (QED) is 0.736. The Hall–Kier alpha value is -1.42. The van der Waals surface area contributed by atoms with Gasteiger partial charge in [-0.3, -0.25) is 14.7 Å². The molecule has 1 heterocycles. The minimum absolute atomic E-state index is 0.0741. The van der Waals surface area contributed by atoms with Crippen LogP contribution in [0.1, 0.15) is 24.2 Å². The van der Waals surface area contributed by atoms with Gasteiger partial charge in [0.1, 0.15) is 0 Å². The molecule has 1 aromatic heterocycles. The fourth-order valence-electron chi connectivity index (χ4n) is 1.23. The highest BCUT2D eigenvalue weighted by Gasteiger charge is 2.05. The van der Waals surface area contributed by atoms with Gasteiger partial charge in [-0.05, 0) is 25.2 Å². The number of hydrogen-bond donors (Lipinski definition) is 1. The molecule has 0 bridgehead atoms. The largest absolute Gasteiger partial charge is 0.339 e. The van der Waals surface area contributed by atoms with Crippen LogP contribution >= 0.6 is 0 Å². The number of nitrogens with zero attached hydrogens (tertiary/aromatic N) is 2. The smallest absolute Gasteiger partial charge is 0.253 e. The topological polar surface area (TPSA) is 45.2 Å². The van der Waals surface area contributed by atoms with E-state index in [1.807, 2.05) is 0 Å². The molecule has 0 atom stereocenters. The summed E-state index contributed by atoms with van der Waals surface area (Å²) in [6, 6.07) is 3.51. The second-order valence-corrected chi connectivity index (χ2v) is 3.21. The van der Waals surface area contributed by atoms with Crippen LogP contribution < -0.4 is 5.32 Å². The molecular weight excluding hydrogens is 190 g/mol. The normalized spacial score (nSPS) is 10.3. The van der Waals surface area contributed by atoms with Gasteiger partial charge < -0.3 is 5.32 Å². The van der Waals surface area contributed by atoms with Crippen LogP contribution in [0.25, 0.3) is 0 Å². The van der Waals surface area contributed by atoms with E-state index in [4.69, 9.17) is 0 Å². The maximum Gasteiger partial charge on any atom is 0.253 e. The van der Waals surface area contributed by atoms with Crippen LogP contribution in [0.2, 0.25) is 0 Å². The van der Waals surface area contributed by atoms with Crippen LogP contribution in [-0.4, -0.2) is 35.5 Å². The predicted molar refractivity (Wildman–Crippen MR) is 59.5 cm³/mol. The molecule has 0 aromatic carbocycles. The van der Waals surface area contributed by atoms with Gasteiger partial charge >= 0.3 is 0 Å². The van der Waals surface area contributed by atoms with Gasteiger partial charge in [0.2, 0.25) is 0 Å². The average molecular weight is 207 g/mol. The number of nitrogens with one attached hydrogen (secondary N) is 1. The third-order valence-electron chi connectivity index (χ3n) is 2.28. The summed E-state index contributed by atoms with van der Waals surface area (Å²) in [5, 5.41) is 2.85. The van der Waals surface area contributed by atoms with Gasteiger partial charge in [0.25, 0.3) is 5.91 Å². The van der Waals surface area contributed by atoms with E-state index in [0.717, 1.165) is 13.1 Å². The van der Waals surface area contributed by atoms with Crippen molar-refractivity contribution in [2.24, 2.45) is 0 Å². The zero-order chi connectivity index (χ0) is 11.1. The van der Waals surface area contributed by atoms with E-state index in [1.165, 1.54) is 0 Å². The monoisotopic (exact) mass is 207 g/mol. The van der Waals surface area contributed by atoms with Gasteiger partial charge in [-0.1, -0.05) is 13.8 Å². The van der Waals surface area contributed by atoms with E-state index < -0.39 is 0 Å². The number of carbonyl (C=O) groups excluding carboxylic acids is 1. The van der Waals surface area contributed by atoms with Crippen molar-refractivity contribution in [1.29, 1.82) is 0 Å². The molecule has 0 spiro atoms. The second-order valence-electron chi connectivity index (χ2n) is 3.21. The Morgan fingerprint density at radius 3 is 2.73 bits per heavy atom. The van der Waals surface area contributed by atoms with Crippen LogP contribution in [0, 0.1) is 0 Å². The Morgan fingerprint density at radius 1 is 1.47 bits per heavy atom. The van der Waals surface area contributed by atoms with Crippen molar-refractivity contribution in [3.8, 4) is 0 Å². The fraction of sp³-hybridized carbons (Fsp3) is 0.455. The van der Waals surface area contributed by atoms with Gasteiger partial charge in [-0.2, -0.15) is 0 Å². The van der Waals surface area contributed by atoms with Crippen LogP contribution in [-0.2, 0) is 0 Å². The Bertz CT molecular complexity index is 296. The molecular formula is C11H17N3O. The van der Waals surface area contributed by atoms with E-state index in [2.05, 4.69) is 29.0 Å². The summed E-state index contributed by atoms with van der Waals surface area (Å²) in [6.07, 6.45) is 3.22. The molecule has 0 fully saturated rings. The van der Waals surface area contributed by atoms with E-state index in [9.17, 15) is 4.79 Å². The summed E-state index contributed by atoms with van der Waals surface area (Å²) >= 11 is 0. The molecule has 0 aliphatic heterocycles. The molecule has 0 saturated heterocycles. The van der Waals surface area contributed by atoms with Crippen LogP contribution in [0.5, 0.6) is 0 Å². The number of hydrogen-bond acceptors (Lipinski definition) is 3. The Labute approximate surface area is 90.3 Å². The fourth-order valence-corrected chi connectivity index (χ4v) is 1.23. The van der Waals surface area contributed by atoms with Crippen LogP contribution in [0.3, 0.4) is 0 Å². The third kappa shape index (κ3) is 3.67. The van der Waals surface area contributed by atoms with Crippen molar-refractivity contribution in [2.45, 2.75) is 13.8 Å². The lowest BCUT2D eigenvalue weighted by Gasteiger charge is -2.18. The van der Waals surface area contributed by atoms with Crippen LogP contribution in [0.4, 0.5) is 0 Å². The molecule has 1 amide bonds. The first-order valence-corrected chi connectivity index (χ1v) is 5.18. The first-order chi connectivity index (χ1) is 7.27. The Kier molecular flexibility index (Phi) is 4.77. The van der Waals surface area contributed by atoms with Gasteiger partial charge in [-0.15, -0.1) is 0 Å². The average Bonchev–Trinajstić information content (AvgIpc) is 2.31. The standard InChI is InChI=1S/C11H17N3O/c1-3-14(4-2)9-13-11(15)10-6-5-7-12-8-10/h5-8H,3-4,9H2,1-2H3,(H,13,15). The van der Waals surface area contributed by atoms with Gasteiger partial charge in [0.15, 0.2) is 0 Å². The molecule has 0 saturated carbocycles. The molecule has 1 aromatic rings. The van der Waals surface area contributed by atoms with Crippen molar-refractivity contribution in [1.82, 2.24) is 15.2 Å². The summed E-state index contributed by atoms with van der Waals surface area (Å²) in [7, 11) is 0. The van der Waals surface area contributed by atoms with Crippen molar-refractivity contribution < 1.29 is 4.79 Å². The van der Waals surface area contributed by atoms with Crippen molar-refractivity contribution >= 4 is 5.91 Å². The van der Waals surface area contributed by atoms with E-state index in [-0.39, 0.29) is 5.91 Å². The van der Waals surface area contributed by atoms with Crippen molar-refractivity contribution in [3.63, 3.8) is 0 Å². The van der Waals surface area contributed by atoms with E-state index in [0.29, 0.717) is 12.2 Å². The number of carbonyl (C=O) groups is 1.